The Bertz CT molecular complexity index is 654. The molecule has 2 aromatic rings. The average molecular weight is 277 g/mol. The Hall–Kier alpha value is -2.29. The second kappa shape index (κ2) is 4.92. The molecule has 4 rings (SSSR count). The first-order valence-corrected chi connectivity index (χ1v) is 7.61. The third-order valence-corrected chi connectivity index (χ3v) is 4.49. The summed E-state index contributed by atoms with van der Waals surface area (Å²) in [5.74, 6) is 0.684. The van der Waals surface area contributed by atoms with Crippen LogP contribution >= 0.6 is 0 Å². The summed E-state index contributed by atoms with van der Waals surface area (Å²) in [6.07, 6.45) is 2.43. The summed E-state index contributed by atoms with van der Waals surface area (Å²) in [4.78, 5) is 7.06. The van der Waals surface area contributed by atoms with E-state index in [0.717, 1.165) is 13.1 Å². The highest BCUT2D eigenvalue weighted by Crippen LogP contribution is 2.45. The van der Waals surface area contributed by atoms with E-state index in [1.54, 1.807) is 0 Å². The van der Waals surface area contributed by atoms with E-state index >= 15 is 0 Å². The first-order chi connectivity index (χ1) is 10.3. The molecular formula is C18H19N3. The highest BCUT2D eigenvalue weighted by atomic mass is 15.3. The number of nitrogens with two attached hydrogens (primary N) is 1. The van der Waals surface area contributed by atoms with E-state index in [9.17, 15) is 0 Å². The number of aliphatic imine (C=N–C) groups is 1. The molecule has 106 valence electrons. The second-order valence-electron chi connectivity index (χ2n) is 5.76. The van der Waals surface area contributed by atoms with Crippen molar-refractivity contribution in [1.29, 1.82) is 0 Å². The lowest BCUT2D eigenvalue weighted by molar-refractivity contribution is 0.508. The van der Waals surface area contributed by atoms with Crippen molar-refractivity contribution in [3.05, 3.63) is 59.7 Å². The van der Waals surface area contributed by atoms with Crippen molar-refractivity contribution in [1.82, 2.24) is 4.90 Å². The van der Waals surface area contributed by atoms with Crippen LogP contribution in [0.2, 0.25) is 0 Å². The Morgan fingerprint density at radius 2 is 1.43 bits per heavy atom. The summed E-state index contributed by atoms with van der Waals surface area (Å²) in [6, 6.07) is 17.1. The summed E-state index contributed by atoms with van der Waals surface area (Å²) in [5.41, 5.74) is 11.4. The van der Waals surface area contributed by atoms with Crippen molar-refractivity contribution in [2.45, 2.75) is 18.9 Å². The molecule has 0 spiro atoms. The molecule has 1 aliphatic heterocycles. The predicted molar refractivity (Wildman–Crippen MR) is 86.2 cm³/mol. The summed E-state index contributed by atoms with van der Waals surface area (Å²) in [5, 5.41) is 0. The minimum atomic E-state index is 0.0398. The van der Waals surface area contributed by atoms with Gasteiger partial charge in [-0.1, -0.05) is 48.5 Å². The van der Waals surface area contributed by atoms with E-state index in [4.69, 9.17) is 10.7 Å². The normalized spacial score (nSPS) is 17.9. The number of hydrogen-bond acceptors (Lipinski definition) is 1. The molecule has 0 aromatic heterocycles. The summed E-state index contributed by atoms with van der Waals surface area (Å²) >= 11 is 0. The molecule has 1 saturated heterocycles. The molecule has 2 N–H and O–H groups in total. The van der Waals surface area contributed by atoms with Crippen LogP contribution in [0.4, 0.5) is 0 Å². The van der Waals surface area contributed by atoms with Crippen LogP contribution in [0.25, 0.3) is 11.1 Å². The lowest BCUT2D eigenvalue weighted by atomic mass is 10.1. The molecule has 1 fully saturated rings. The van der Waals surface area contributed by atoms with Gasteiger partial charge in [0.05, 0.1) is 0 Å². The standard InChI is InChI=1S/C18H19N3/c19-18(21-11-5-6-12-21)20-17-15-9-3-1-7-13(15)14-8-2-4-10-16(14)17/h1-4,7-10,17H,5-6,11-12H2,(H2,19,20). The summed E-state index contributed by atoms with van der Waals surface area (Å²) < 4.78 is 0. The second-order valence-corrected chi connectivity index (χ2v) is 5.76. The van der Waals surface area contributed by atoms with Crippen molar-refractivity contribution >= 4 is 5.96 Å². The van der Waals surface area contributed by atoms with Gasteiger partial charge in [-0.05, 0) is 35.1 Å². The zero-order valence-electron chi connectivity index (χ0n) is 12.0. The number of nitrogens with zero attached hydrogens (tertiary/aromatic N) is 2. The molecule has 0 atom stereocenters. The molecule has 1 heterocycles. The van der Waals surface area contributed by atoms with E-state index in [2.05, 4.69) is 53.4 Å². The van der Waals surface area contributed by atoms with E-state index in [1.807, 2.05) is 0 Å². The monoisotopic (exact) mass is 277 g/mol. The molecule has 21 heavy (non-hydrogen) atoms. The van der Waals surface area contributed by atoms with Crippen molar-refractivity contribution in [3.8, 4) is 11.1 Å². The predicted octanol–water partition coefficient (Wildman–Crippen LogP) is 3.17. The molecule has 3 heteroatoms. The molecule has 2 aromatic carbocycles. The number of fused-ring (bicyclic) bond motifs is 3. The van der Waals surface area contributed by atoms with Gasteiger partial charge < -0.3 is 10.6 Å². The van der Waals surface area contributed by atoms with Gasteiger partial charge in [0.1, 0.15) is 6.04 Å². The maximum Gasteiger partial charge on any atom is 0.192 e. The van der Waals surface area contributed by atoms with E-state index in [-0.39, 0.29) is 6.04 Å². The molecule has 0 radical (unpaired) electrons. The fraction of sp³-hybridized carbons (Fsp3) is 0.278. The minimum Gasteiger partial charge on any atom is -0.370 e. The Kier molecular flexibility index (Phi) is 2.92. The molecule has 0 unspecified atom stereocenters. The van der Waals surface area contributed by atoms with Crippen LogP contribution in [-0.2, 0) is 0 Å². The van der Waals surface area contributed by atoms with Gasteiger partial charge >= 0.3 is 0 Å². The molecule has 2 aliphatic rings. The number of benzene rings is 2. The summed E-state index contributed by atoms with van der Waals surface area (Å²) in [7, 11) is 0. The molecule has 0 saturated carbocycles. The first-order valence-electron chi connectivity index (χ1n) is 7.61. The van der Waals surface area contributed by atoms with Gasteiger partial charge in [0, 0.05) is 13.1 Å². The molecule has 1 aliphatic carbocycles. The van der Waals surface area contributed by atoms with Gasteiger partial charge in [-0.15, -0.1) is 0 Å². The number of rotatable bonds is 1. The summed E-state index contributed by atoms with van der Waals surface area (Å²) in [6.45, 7) is 2.07. The van der Waals surface area contributed by atoms with Crippen LogP contribution in [0.1, 0.15) is 30.0 Å². The molecule has 0 bridgehead atoms. The Morgan fingerprint density at radius 3 is 2.00 bits per heavy atom. The van der Waals surface area contributed by atoms with Gasteiger partial charge in [-0.2, -0.15) is 0 Å². The Labute approximate surface area is 125 Å². The zero-order chi connectivity index (χ0) is 14.2. The topological polar surface area (TPSA) is 41.6 Å². The lowest BCUT2D eigenvalue weighted by Gasteiger charge is -2.18. The van der Waals surface area contributed by atoms with E-state index in [0.29, 0.717) is 5.96 Å². The van der Waals surface area contributed by atoms with Crippen molar-refractivity contribution in [2.75, 3.05) is 13.1 Å². The number of guanidine groups is 1. The SMILES string of the molecule is NC(=NC1c2ccccc2-c2ccccc21)N1CCCC1. The van der Waals surface area contributed by atoms with E-state index in [1.165, 1.54) is 35.1 Å². The molecular weight excluding hydrogens is 258 g/mol. The van der Waals surface area contributed by atoms with Crippen LogP contribution in [0.15, 0.2) is 53.5 Å². The average Bonchev–Trinajstić information content (AvgIpc) is 3.15. The van der Waals surface area contributed by atoms with Gasteiger partial charge in [0.15, 0.2) is 5.96 Å². The fourth-order valence-electron chi connectivity index (χ4n) is 3.43. The van der Waals surface area contributed by atoms with Crippen LogP contribution in [0.5, 0.6) is 0 Å². The smallest absolute Gasteiger partial charge is 0.192 e. The fourth-order valence-corrected chi connectivity index (χ4v) is 3.43. The van der Waals surface area contributed by atoms with Crippen LogP contribution in [0, 0.1) is 0 Å². The first kappa shape index (κ1) is 12.5. The van der Waals surface area contributed by atoms with Gasteiger partial charge in [0.2, 0.25) is 0 Å². The van der Waals surface area contributed by atoms with Crippen LogP contribution in [0.3, 0.4) is 0 Å². The number of likely N-dealkylation sites (tertiary alicyclic amines) is 1. The van der Waals surface area contributed by atoms with Crippen molar-refractivity contribution < 1.29 is 0 Å². The maximum absolute atomic E-state index is 6.25. The van der Waals surface area contributed by atoms with Crippen LogP contribution < -0.4 is 5.73 Å². The maximum atomic E-state index is 6.25. The third kappa shape index (κ3) is 2.00. The van der Waals surface area contributed by atoms with Gasteiger partial charge in [-0.25, -0.2) is 4.99 Å². The molecule has 3 nitrogen and oxygen atoms in total. The zero-order valence-corrected chi connectivity index (χ0v) is 12.0. The minimum absolute atomic E-state index is 0.0398. The quantitative estimate of drug-likeness (QED) is 0.642. The largest absolute Gasteiger partial charge is 0.370 e. The Balaban J connectivity index is 1.79. The molecule has 0 amide bonds. The number of hydrogen-bond donors (Lipinski definition) is 1. The van der Waals surface area contributed by atoms with Crippen molar-refractivity contribution in [3.63, 3.8) is 0 Å². The van der Waals surface area contributed by atoms with Gasteiger partial charge in [-0.3, -0.25) is 0 Å². The highest BCUT2D eigenvalue weighted by Gasteiger charge is 2.28. The third-order valence-electron chi connectivity index (χ3n) is 4.49. The van der Waals surface area contributed by atoms with Crippen LogP contribution in [-0.4, -0.2) is 23.9 Å². The highest BCUT2D eigenvalue weighted by molar-refractivity contribution is 5.83. The Morgan fingerprint density at radius 1 is 0.905 bits per heavy atom. The lowest BCUT2D eigenvalue weighted by Crippen LogP contribution is -2.35. The van der Waals surface area contributed by atoms with Crippen molar-refractivity contribution in [2.24, 2.45) is 10.7 Å². The van der Waals surface area contributed by atoms with Gasteiger partial charge in [0.25, 0.3) is 0 Å². The van der Waals surface area contributed by atoms with E-state index < -0.39 is 0 Å².